The third-order valence-corrected chi connectivity index (χ3v) is 6.73. The van der Waals surface area contributed by atoms with Gasteiger partial charge in [0.05, 0.1) is 22.6 Å². The number of amides is 1. The lowest BCUT2D eigenvalue weighted by molar-refractivity contribution is -0.146. The molecule has 6 heteroatoms. The molecule has 1 aromatic heterocycles. The summed E-state index contributed by atoms with van der Waals surface area (Å²) in [6.45, 7) is 7.12. The Labute approximate surface area is 151 Å². The van der Waals surface area contributed by atoms with Gasteiger partial charge in [-0.1, -0.05) is 19.8 Å². The summed E-state index contributed by atoms with van der Waals surface area (Å²) in [5.41, 5.74) is 2.00. The number of carbonyl (C=O) groups excluding carboxylic acids is 2. The van der Waals surface area contributed by atoms with Crippen LogP contribution in [0.2, 0.25) is 0 Å². The number of ketones is 1. The number of likely N-dealkylation sites (tertiary alicyclic amines) is 1. The van der Waals surface area contributed by atoms with Crippen molar-refractivity contribution in [3.8, 4) is 0 Å². The normalized spacial score (nSPS) is 25.5. The van der Waals surface area contributed by atoms with Gasteiger partial charge in [0, 0.05) is 30.6 Å². The smallest absolute Gasteiger partial charge is 0.227 e. The summed E-state index contributed by atoms with van der Waals surface area (Å²) in [5.74, 6) is 0.471. The molecule has 1 saturated carbocycles. The SMILES string of the molecule is Cc1nn(C[C@H](C)C(=O)N2CCC(=O)[C@@H]3CCCC[C@@H]32)c(C)c1Br. The fourth-order valence-electron chi connectivity index (χ4n) is 4.19. The van der Waals surface area contributed by atoms with E-state index in [1.54, 1.807) is 0 Å². The first-order chi connectivity index (χ1) is 11.4. The molecule has 0 unspecified atom stereocenters. The number of Topliss-reactive ketones (excluding diaryl/α,β-unsaturated/α-hetero) is 1. The number of hydrogen-bond donors (Lipinski definition) is 0. The Morgan fingerprint density at radius 3 is 2.71 bits per heavy atom. The lowest BCUT2D eigenvalue weighted by atomic mass is 9.77. The van der Waals surface area contributed by atoms with Gasteiger partial charge in [-0.15, -0.1) is 0 Å². The second-order valence-electron chi connectivity index (χ2n) is 7.27. The van der Waals surface area contributed by atoms with Gasteiger partial charge < -0.3 is 4.90 Å². The van der Waals surface area contributed by atoms with Gasteiger partial charge in [-0.05, 0) is 42.6 Å². The molecule has 0 bridgehead atoms. The van der Waals surface area contributed by atoms with E-state index in [2.05, 4.69) is 21.0 Å². The van der Waals surface area contributed by atoms with E-state index in [-0.39, 0.29) is 23.8 Å². The van der Waals surface area contributed by atoms with Crippen LogP contribution in [0.4, 0.5) is 0 Å². The van der Waals surface area contributed by atoms with Crippen molar-refractivity contribution in [1.29, 1.82) is 0 Å². The maximum Gasteiger partial charge on any atom is 0.227 e. The Bertz CT molecular complexity index is 655. The van der Waals surface area contributed by atoms with Crippen molar-refractivity contribution in [2.75, 3.05) is 6.54 Å². The van der Waals surface area contributed by atoms with Crippen LogP contribution in [0.1, 0.15) is 50.4 Å². The maximum atomic E-state index is 13.0. The minimum Gasteiger partial charge on any atom is -0.338 e. The van der Waals surface area contributed by atoms with Crippen molar-refractivity contribution in [2.24, 2.45) is 11.8 Å². The topological polar surface area (TPSA) is 55.2 Å². The quantitative estimate of drug-likeness (QED) is 0.788. The molecule has 1 aliphatic heterocycles. The molecule has 2 fully saturated rings. The molecule has 3 rings (SSSR count). The summed E-state index contributed by atoms with van der Waals surface area (Å²) in [6.07, 6.45) is 4.68. The van der Waals surface area contributed by atoms with Gasteiger partial charge in [0.2, 0.25) is 5.91 Å². The fraction of sp³-hybridized carbons (Fsp3) is 0.722. The van der Waals surface area contributed by atoms with E-state index in [0.717, 1.165) is 41.5 Å². The number of fused-ring (bicyclic) bond motifs is 1. The Morgan fingerprint density at radius 1 is 1.33 bits per heavy atom. The summed E-state index contributed by atoms with van der Waals surface area (Å²) >= 11 is 3.54. The van der Waals surface area contributed by atoms with Crippen molar-refractivity contribution in [3.05, 3.63) is 15.9 Å². The number of hydrogen-bond acceptors (Lipinski definition) is 3. The van der Waals surface area contributed by atoms with Crippen molar-refractivity contribution >= 4 is 27.6 Å². The van der Waals surface area contributed by atoms with E-state index >= 15 is 0 Å². The van der Waals surface area contributed by atoms with Crippen LogP contribution >= 0.6 is 15.9 Å². The molecule has 1 saturated heterocycles. The van der Waals surface area contributed by atoms with Crippen LogP contribution in [0.25, 0.3) is 0 Å². The molecule has 2 heterocycles. The third kappa shape index (κ3) is 3.17. The lowest BCUT2D eigenvalue weighted by Gasteiger charge is -2.44. The molecule has 2 aliphatic rings. The number of rotatable bonds is 3. The molecule has 0 N–H and O–H groups in total. The van der Waals surface area contributed by atoms with E-state index in [0.29, 0.717) is 25.3 Å². The van der Waals surface area contributed by atoms with Crippen molar-refractivity contribution in [1.82, 2.24) is 14.7 Å². The van der Waals surface area contributed by atoms with E-state index in [1.165, 1.54) is 0 Å². The molecule has 0 radical (unpaired) electrons. The van der Waals surface area contributed by atoms with Gasteiger partial charge >= 0.3 is 0 Å². The Morgan fingerprint density at radius 2 is 2.04 bits per heavy atom. The van der Waals surface area contributed by atoms with Gasteiger partial charge in [-0.2, -0.15) is 5.10 Å². The molecular formula is C18H26BrN3O2. The van der Waals surface area contributed by atoms with E-state index in [1.807, 2.05) is 30.4 Å². The Balaban J connectivity index is 1.72. The molecule has 0 aromatic carbocycles. The van der Waals surface area contributed by atoms with Crippen molar-refractivity contribution in [3.63, 3.8) is 0 Å². The molecule has 1 amide bonds. The first-order valence-electron chi connectivity index (χ1n) is 8.93. The largest absolute Gasteiger partial charge is 0.338 e. The summed E-state index contributed by atoms with van der Waals surface area (Å²) in [7, 11) is 0. The highest BCUT2D eigenvalue weighted by atomic mass is 79.9. The van der Waals surface area contributed by atoms with Crippen LogP contribution in [-0.4, -0.2) is 39.0 Å². The summed E-state index contributed by atoms with van der Waals surface area (Å²) < 4.78 is 2.92. The average Bonchev–Trinajstić information content (AvgIpc) is 2.82. The van der Waals surface area contributed by atoms with Crippen LogP contribution in [-0.2, 0) is 16.1 Å². The highest BCUT2D eigenvalue weighted by Crippen LogP contribution is 2.34. The summed E-state index contributed by atoms with van der Waals surface area (Å²) in [5, 5.41) is 4.52. The number of nitrogens with zero attached hydrogens (tertiary/aromatic N) is 3. The number of aromatic nitrogens is 2. The zero-order valence-electron chi connectivity index (χ0n) is 14.7. The maximum absolute atomic E-state index is 13.0. The first-order valence-corrected chi connectivity index (χ1v) is 9.72. The van der Waals surface area contributed by atoms with E-state index in [9.17, 15) is 9.59 Å². The fourth-order valence-corrected chi connectivity index (χ4v) is 4.47. The molecule has 1 aliphatic carbocycles. The molecule has 3 atom stereocenters. The Kier molecular flexibility index (Phi) is 5.13. The molecule has 24 heavy (non-hydrogen) atoms. The second-order valence-corrected chi connectivity index (χ2v) is 8.07. The van der Waals surface area contributed by atoms with Gasteiger partial charge in [-0.3, -0.25) is 14.3 Å². The Hall–Kier alpha value is -1.17. The third-order valence-electron chi connectivity index (χ3n) is 5.59. The highest BCUT2D eigenvalue weighted by molar-refractivity contribution is 9.10. The molecule has 0 spiro atoms. The number of carbonyl (C=O) groups is 2. The van der Waals surface area contributed by atoms with Gasteiger partial charge in [0.25, 0.3) is 0 Å². The predicted molar refractivity (Wildman–Crippen MR) is 95.6 cm³/mol. The molecular weight excluding hydrogens is 370 g/mol. The lowest BCUT2D eigenvalue weighted by Crippen LogP contribution is -2.54. The van der Waals surface area contributed by atoms with Crippen LogP contribution in [0, 0.1) is 25.7 Å². The van der Waals surface area contributed by atoms with Crippen molar-refractivity contribution < 1.29 is 9.59 Å². The summed E-state index contributed by atoms with van der Waals surface area (Å²) in [4.78, 5) is 27.2. The highest BCUT2D eigenvalue weighted by Gasteiger charge is 2.41. The minimum atomic E-state index is -0.134. The monoisotopic (exact) mass is 395 g/mol. The molecule has 1 aromatic rings. The number of halogens is 1. The van der Waals surface area contributed by atoms with Crippen molar-refractivity contribution in [2.45, 2.75) is 65.5 Å². The van der Waals surface area contributed by atoms with Gasteiger partial charge in [0.15, 0.2) is 0 Å². The van der Waals surface area contributed by atoms with Crippen LogP contribution < -0.4 is 0 Å². The first kappa shape index (κ1) is 17.6. The average molecular weight is 396 g/mol. The number of aryl methyl sites for hydroxylation is 1. The zero-order chi connectivity index (χ0) is 17.4. The minimum absolute atomic E-state index is 0.0754. The molecule has 5 nitrogen and oxygen atoms in total. The molecule has 132 valence electrons. The van der Waals surface area contributed by atoms with Gasteiger partial charge in [-0.25, -0.2) is 0 Å². The number of piperidine rings is 1. The van der Waals surface area contributed by atoms with Gasteiger partial charge in [0.1, 0.15) is 5.78 Å². The van der Waals surface area contributed by atoms with Crippen LogP contribution in [0.5, 0.6) is 0 Å². The second kappa shape index (κ2) is 6.98. The predicted octanol–water partition coefficient (Wildman–Crippen LogP) is 3.26. The van der Waals surface area contributed by atoms with E-state index in [4.69, 9.17) is 0 Å². The van der Waals surface area contributed by atoms with Crippen LogP contribution in [0.15, 0.2) is 4.47 Å². The van der Waals surface area contributed by atoms with E-state index < -0.39 is 0 Å². The summed E-state index contributed by atoms with van der Waals surface area (Å²) in [6, 6.07) is 0.127. The van der Waals surface area contributed by atoms with Crippen LogP contribution in [0.3, 0.4) is 0 Å². The standard InChI is InChI=1S/C18H26BrN3O2/c1-11(10-22-13(3)17(19)12(2)20-22)18(24)21-9-8-16(23)14-6-4-5-7-15(14)21/h11,14-15H,4-10H2,1-3H3/t11-,14+,15-/m0/s1. The zero-order valence-corrected chi connectivity index (χ0v) is 16.3.